The van der Waals surface area contributed by atoms with Gasteiger partial charge in [-0.3, -0.25) is 5.32 Å². The van der Waals surface area contributed by atoms with Gasteiger partial charge in [-0.1, -0.05) is 28.1 Å². The molecule has 0 aromatic heterocycles. The van der Waals surface area contributed by atoms with Crippen LogP contribution in [0.5, 0.6) is 0 Å². The molecule has 0 aliphatic carbocycles. The van der Waals surface area contributed by atoms with Crippen molar-refractivity contribution in [3.05, 3.63) is 34.3 Å². The monoisotopic (exact) mass is 299 g/mol. The molecular formula is C13H18BrNO2. The molecule has 17 heavy (non-hydrogen) atoms. The number of hydrogen-bond acceptors (Lipinski definition) is 3. The molecule has 0 spiro atoms. The van der Waals surface area contributed by atoms with Crippen LogP contribution in [0.2, 0.25) is 0 Å². The average molecular weight is 300 g/mol. The van der Waals surface area contributed by atoms with Crippen molar-refractivity contribution >= 4 is 21.9 Å². The van der Waals surface area contributed by atoms with Crippen LogP contribution in [0.4, 0.5) is 0 Å². The van der Waals surface area contributed by atoms with Gasteiger partial charge < -0.3 is 4.74 Å². The molecule has 0 fully saturated rings. The number of carbonyl (C=O) groups excluding carboxylic acids is 1. The molecule has 1 rings (SSSR count). The minimum absolute atomic E-state index is 0.216. The van der Waals surface area contributed by atoms with E-state index in [1.807, 2.05) is 45.0 Å². The van der Waals surface area contributed by atoms with Crippen LogP contribution in [0, 0.1) is 0 Å². The van der Waals surface area contributed by atoms with Crippen LogP contribution in [0.3, 0.4) is 0 Å². The summed E-state index contributed by atoms with van der Waals surface area (Å²) < 4.78 is 6.07. The zero-order valence-electron chi connectivity index (χ0n) is 10.4. The van der Waals surface area contributed by atoms with Gasteiger partial charge in [0, 0.05) is 10.5 Å². The Labute approximate surface area is 111 Å². The first-order valence-electron chi connectivity index (χ1n) is 5.72. The Hall–Kier alpha value is -0.870. The highest BCUT2D eigenvalue weighted by Crippen LogP contribution is 2.18. The second-order valence-electron chi connectivity index (χ2n) is 4.06. The first-order valence-corrected chi connectivity index (χ1v) is 6.52. The summed E-state index contributed by atoms with van der Waals surface area (Å²) in [4.78, 5) is 11.9. The number of ether oxygens (including phenoxy) is 1. The van der Waals surface area contributed by atoms with Gasteiger partial charge in [0.25, 0.3) is 0 Å². The summed E-state index contributed by atoms with van der Waals surface area (Å²) in [7, 11) is 0. The van der Waals surface area contributed by atoms with E-state index in [0.717, 1.165) is 10.0 Å². The van der Waals surface area contributed by atoms with Crippen molar-refractivity contribution in [2.24, 2.45) is 0 Å². The maximum absolute atomic E-state index is 11.9. The number of rotatable bonds is 5. The highest BCUT2D eigenvalue weighted by Gasteiger charge is 2.22. The minimum Gasteiger partial charge on any atom is -0.465 e. The van der Waals surface area contributed by atoms with Crippen molar-refractivity contribution in [1.29, 1.82) is 0 Å². The second kappa shape index (κ2) is 6.77. The van der Waals surface area contributed by atoms with Crippen LogP contribution in [0.1, 0.15) is 32.4 Å². The molecule has 94 valence electrons. The maximum Gasteiger partial charge on any atom is 0.327 e. The van der Waals surface area contributed by atoms with E-state index in [1.54, 1.807) is 0 Å². The summed E-state index contributed by atoms with van der Waals surface area (Å²) in [5.41, 5.74) is 0.917. The number of nitrogens with one attached hydrogen (secondary N) is 1. The Kier molecular flexibility index (Phi) is 5.65. The molecule has 0 saturated carbocycles. The van der Waals surface area contributed by atoms with Crippen LogP contribution >= 0.6 is 15.9 Å². The topological polar surface area (TPSA) is 38.3 Å². The summed E-state index contributed by atoms with van der Waals surface area (Å²) in [6.07, 6.45) is 0. The Bertz CT molecular complexity index is 362. The van der Waals surface area contributed by atoms with E-state index >= 15 is 0 Å². The third-order valence-electron chi connectivity index (χ3n) is 2.23. The smallest absolute Gasteiger partial charge is 0.327 e. The van der Waals surface area contributed by atoms with Gasteiger partial charge in [-0.2, -0.15) is 0 Å². The second-order valence-corrected chi connectivity index (χ2v) is 4.97. The SMILES string of the molecule is CCOC(=O)[C@H](NC(C)C)c1ccc(Br)cc1. The van der Waals surface area contributed by atoms with E-state index < -0.39 is 6.04 Å². The van der Waals surface area contributed by atoms with E-state index in [4.69, 9.17) is 4.74 Å². The molecule has 0 bridgehead atoms. The fourth-order valence-electron chi connectivity index (χ4n) is 1.51. The molecule has 1 N–H and O–H groups in total. The van der Waals surface area contributed by atoms with Crippen LogP contribution in [0.25, 0.3) is 0 Å². The number of esters is 1. The molecule has 0 aliphatic heterocycles. The molecular weight excluding hydrogens is 282 g/mol. The van der Waals surface area contributed by atoms with Crippen LogP contribution in [-0.2, 0) is 9.53 Å². The molecule has 0 amide bonds. The fraction of sp³-hybridized carbons (Fsp3) is 0.462. The summed E-state index contributed by atoms with van der Waals surface area (Å²) in [6.45, 7) is 6.22. The molecule has 1 atom stereocenters. The van der Waals surface area contributed by atoms with E-state index in [2.05, 4.69) is 21.2 Å². The third-order valence-corrected chi connectivity index (χ3v) is 2.75. The molecule has 0 saturated heterocycles. The molecule has 0 unspecified atom stereocenters. The Balaban J connectivity index is 2.89. The molecule has 1 aromatic rings. The normalized spacial score (nSPS) is 12.5. The van der Waals surface area contributed by atoms with Gasteiger partial charge in [0.05, 0.1) is 6.61 Å². The number of halogens is 1. The lowest BCUT2D eigenvalue weighted by Crippen LogP contribution is -2.34. The molecule has 4 heteroatoms. The van der Waals surface area contributed by atoms with Crippen molar-refractivity contribution in [3.8, 4) is 0 Å². The van der Waals surface area contributed by atoms with Crippen LogP contribution in [0.15, 0.2) is 28.7 Å². The van der Waals surface area contributed by atoms with Gasteiger partial charge in [0.15, 0.2) is 0 Å². The number of hydrogen-bond donors (Lipinski definition) is 1. The first-order chi connectivity index (χ1) is 8.04. The highest BCUT2D eigenvalue weighted by molar-refractivity contribution is 9.10. The number of benzene rings is 1. The molecule has 1 aromatic carbocycles. The Morgan fingerprint density at radius 2 is 1.94 bits per heavy atom. The van der Waals surface area contributed by atoms with Gasteiger partial charge in [-0.15, -0.1) is 0 Å². The summed E-state index contributed by atoms with van der Waals surface area (Å²) in [6, 6.07) is 7.49. The van der Waals surface area contributed by atoms with E-state index in [1.165, 1.54) is 0 Å². The highest BCUT2D eigenvalue weighted by atomic mass is 79.9. The lowest BCUT2D eigenvalue weighted by atomic mass is 10.1. The van der Waals surface area contributed by atoms with Crippen molar-refractivity contribution in [3.63, 3.8) is 0 Å². The molecule has 3 nitrogen and oxygen atoms in total. The molecule has 0 heterocycles. The van der Waals surface area contributed by atoms with Gasteiger partial charge in [-0.25, -0.2) is 4.79 Å². The third kappa shape index (κ3) is 4.48. The fourth-order valence-corrected chi connectivity index (χ4v) is 1.78. The lowest BCUT2D eigenvalue weighted by molar-refractivity contribution is -0.146. The van der Waals surface area contributed by atoms with Crippen LogP contribution in [-0.4, -0.2) is 18.6 Å². The van der Waals surface area contributed by atoms with Gasteiger partial charge in [0.1, 0.15) is 6.04 Å². The zero-order valence-corrected chi connectivity index (χ0v) is 12.0. The standard InChI is InChI=1S/C13H18BrNO2/c1-4-17-13(16)12(15-9(2)3)10-5-7-11(14)8-6-10/h5-9,12,15H,4H2,1-3H3/t12-/m1/s1. The Morgan fingerprint density at radius 1 is 1.35 bits per heavy atom. The molecule has 0 radical (unpaired) electrons. The van der Waals surface area contributed by atoms with E-state index in [0.29, 0.717) is 6.61 Å². The van der Waals surface area contributed by atoms with Crippen molar-refractivity contribution in [2.45, 2.75) is 32.9 Å². The van der Waals surface area contributed by atoms with Crippen molar-refractivity contribution < 1.29 is 9.53 Å². The predicted octanol–water partition coefficient (Wildman–Crippen LogP) is 3.05. The summed E-state index contributed by atoms with van der Waals surface area (Å²) >= 11 is 3.38. The number of carbonyl (C=O) groups is 1. The van der Waals surface area contributed by atoms with E-state index in [-0.39, 0.29) is 12.0 Å². The maximum atomic E-state index is 11.9. The average Bonchev–Trinajstić information content (AvgIpc) is 2.27. The minimum atomic E-state index is -0.400. The van der Waals surface area contributed by atoms with E-state index in [9.17, 15) is 4.79 Å². The quantitative estimate of drug-likeness (QED) is 0.849. The Morgan fingerprint density at radius 3 is 2.41 bits per heavy atom. The van der Waals surface area contributed by atoms with Crippen molar-refractivity contribution in [2.75, 3.05) is 6.61 Å². The predicted molar refractivity (Wildman–Crippen MR) is 71.8 cm³/mol. The van der Waals surface area contributed by atoms with Crippen molar-refractivity contribution in [1.82, 2.24) is 5.32 Å². The summed E-state index contributed by atoms with van der Waals surface area (Å²) in [5.74, 6) is -0.233. The molecule has 0 aliphatic rings. The largest absolute Gasteiger partial charge is 0.465 e. The summed E-state index contributed by atoms with van der Waals surface area (Å²) in [5, 5.41) is 3.21. The van der Waals surface area contributed by atoms with Crippen LogP contribution < -0.4 is 5.32 Å². The zero-order chi connectivity index (χ0) is 12.8. The lowest BCUT2D eigenvalue weighted by Gasteiger charge is -2.20. The van der Waals surface area contributed by atoms with Gasteiger partial charge in [0.2, 0.25) is 0 Å². The van der Waals surface area contributed by atoms with Gasteiger partial charge in [-0.05, 0) is 38.5 Å². The van der Waals surface area contributed by atoms with Gasteiger partial charge >= 0.3 is 5.97 Å². The first kappa shape index (κ1) is 14.2.